The maximum atomic E-state index is 12.8. The number of hydrogen-bond acceptors (Lipinski definition) is 4. The molecule has 0 aliphatic heterocycles. The number of nitrogens with zero attached hydrogens (tertiary/aromatic N) is 3. The van der Waals surface area contributed by atoms with Crippen molar-refractivity contribution in [3.63, 3.8) is 0 Å². The van der Waals surface area contributed by atoms with Gasteiger partial charge in [0.15, 0.2) is 11.5 Å². The molecule has 0 radical (unpaired) electrons. The molecule has 0 amide bonds. The fourth-order valence-electron chi connectivity index (χ4n) is 2.12. The molecule has 3 rings (SSSR count). The molecule has 0 aliphatic rings. The predicted octanol–water partition coefficient (Wildman–Crippen LogP) is 3.73. The van der Waals surface area contributed by atoms with Gasteiger partial charge in [0.25, 0.3) is 0 Å². The Bertz CT molecular complexity index is 838. The first-order valence-electron chi connectivity index (χ1n) is 6.48. The Morgan fingerprint density at radius 3 is 2.59 bits per heavy atom. The number of H-pyrrole nitrogens is 1. The quantitative estimate of drug-likeness (QED) is 0.757. The lowest BCUT2D eigenvalue weighted by Gasteiger charge is -2.10. The van der Waals surface area contributed by atoms with E-state index in [1.807, 2.05) is 0 Å². The van der Waals surface area contributed by atoms with E-state index >= 15 is 0 Å². The van der Waals surface area contributed by atoms with Crippen molar-refractivity contribution < 1.29 is 13.2 Å². The van der Waals surface area contributed by atoms with Gasteiger partial charge >= 0.3 is 6.18 Å². The molecule has 0 saturated carbocycles. The Labute approximate surface area is 123 Å². The van der Waals surface area contributed by atoms with Crippen LogP contribution in [0.25, 0.3) is 11.2 Å². The molecule has 2 aromatic heterocycles. The number of aromatic amines is 1. The summed E-state index contributed by atoms with van der Waals surface area (Å²) >= 11 is 0. The molecule has 1 aromatic carbocycles. The number of rotatable bonds is 2. The summed E-state index contributed by atoms with van der Waals surface area (Å²) in [6, 6.07) is 4.94. The van der Waals surface area contributed by atoms with Gasteiger partial charge in [-0.1, -0.05) is 6.07 Å². The standard InChI is InChI=1S/C14H12F3N5/c1-7-18-11-12(19-7)20-8(2)21-13(11)22-10-5-3-4-9(6-10)14(15,16)17/h3-6H,1-2H3,(H2,18,19,20,21,22). The van der Waals surface area contributed by atoms with Crippen LogP contribution < -0.4 is 5.32 Å². The minimum atomic E-state index is -4.39. The molecule has 22 heavy (non-hydrogen) atoms. The molecule has 2 heterocycles. The van der Waals surface area contributed by atoms with Crippen LogP contribution in [0.2, 0.25) is 0 Å². The number of benzene rings is 1. The molecular weight excluding hydrogens is 295 g/mol. The first-order valence-corrected chi connectivity index (χ1v) is 6.48. The van der Waals surface area contributed by atoms with Gasteiger partial charge in [0.05, 0.1) is 5.56 Å². The first kappa shape index (κ1) is 14.3. The van der Waals surface area contributed by atoms with E-state index in [9.17, 15) is 13.2 Å². The van der Waals surface area contributed by atoms with Crippen LogP contribution in [0.15, 0.2) is 24.3 Å². The monoisotopic (exact) mass is 307 g/mol. The number of imidazole rings is 1. The second-order valence-corrected chi connectivity index (χ2v) is 4.84. The lowest BCUT2D eigenvalue weighted by Crippen LogP contribution is -2.05. The highest BCUT2D eigenvalue weighted by atomic mass is 19.4. The molecule has 0 unspecified atom stereocenters. The zero-order valence-electron chi connectivity index (χ0n) is 11.8. The molecule has 0 saturated heterocycles. The average molecular weight is 307 g/mol. The highest BCUT2D eigenvalue weighted by molar-refractivity contribution is 5.85. The summed E-state index contributed by atoms with van der Waals surface area (Å²) in [7, 11) is 0. The Kier molecular flexibility index (Phi) is 3.23. The molecule has 0 spiro atoms. The number of hydrogen-bond donors (Lipinski definition) is 2. The molecule has 0 fully saturated rings. The van der Waals surface area contributed by atoms with Crippen molar-refractivity contribution in [2.45, 2.75) is 20.0 Å². The number of nitrogens with one attached hydrogen (secondary N) is 2. The Morgan fingerprint density at radius 2 is 1.86 bits per heavy atom. The Hall–Kier alpha value is -2.64. The second-order valence-electron chi connectivity index (χ2n) is 4.84. The first-order chi connectivity index (χ1) is 10.3. The number of halogens is 3. The fraction of sp³-hybridized carbons (Fsp3) is 0.214. The minimum absolute atomic E-state index is 0.293. The molecular formula is C14H12F3N5. The van der Waals surface area contributed by atoms with Crippen molar-refractivity contribution in [3.05, 3.63) is 41.5 Å². The summed E-state index contributed by atoms with van der Waals surface area (Å²) in [5, 5.41) is 2.89. The third kappa shape index (κ3) is 2.72. The van der Waals surface area contributed by atoms with Crippen molar-refractivity contribution in [3.8, 4) is 0 Å². The van der Waals surface area contributed by atoms with Crippen molar-refractivity contribution >= 4 is 22.7 Å². The molecule has 3 aromatic rings. The summed E-state index contributed by atoms with van der Waals surface area (Å²) in [6.07, 6.45) is -4.39. The van der Waals surface area contributed by atoms with Gasteiger partial charge in [-0.05, 0) is 32.0 Å². The summed E-state index contributed by atoms with van der Waals surface area (Å²) in [4.78, 5) is 15.6. The lowest BCUT2D eigenvalue weighted by atomic mass is 10.2. The summed E-state index contributed by atoms with van der Waals surface area (Å²) in [5.74, 6) is 1.53. The van der Waals surface area contributed by atoms with Gasteiger partial charge in [-0.2, -0.15) is 13.2 Å². The van der Waals surface area contributed by atoms with Crippen LogP contribution in [0.5, 0.6) is 0 Å². The van der Waals surface area contributed by atoms with E-state index < -0.39 is 11.7 Å². The van der Waals surface area contributed by atoms with E-state index in [0.717, 1.165) is 12.1 Å². The number of fused-ring (bicyclic) bond motifs is 1. The normalized spacial score (nSPS) is 11.9. The zero-order valence-corrected chi connectivity index (χ0v) is 11.8. The van der Waals surface area contributed by atoms with Gasteiger partial charge < -0.3 is 10.3 Å². The SMILES string of the molecule is Cc1nc(Nc2cccc(C(F)(F)F)c2)c2[nH]c(C)nc2n1. The molecule has 2 N–H and O–H groups in total. The van der Waals surface area contributed by atoms with Gasteiger partial charge in [-0.3, -0.25) is 0 Å². The maximum Gasteiger partial charge on any atom is 0.416 e. The van der Waals surface area contributed by atoms with E-state index in [1.165, 1.54) is 6.07 Å². The number of aromatic nitrogens is 4. The molecule has 0 bridgehead atoms. The second kappa shape index (κ2) is 4.97. The molecule has 5 nitrogen and oxygen atoms in total. The van der Waals surface area contributed by atoms with Crippen molar-refractivity contribution in [2.75, 3.05) is 5.32 Å². The van der Waals surface area contributed by atoms with Crippen molar-refractivity contribution in [2.24, 2.45) is 0 Å². The van der Waals surface area contributed by atoms with E-state index in [0.29, 0.717) is 34.3 Å². The van der Waals surface area contributed by atoms with Gasteiger partial charge in [0.2, 0.25) is 0 Å². The highest BCUT2D eigenvalue weighted by Crippen LogP contribution is 2.31. The van der Waals surface area contributed by atoms with Gasteiger partial charge in [-0.15, -0.1) is 0 Å². The topological polar surface area (TPSA) is 66.5 Å². The zero-order chi connectivity index (χ0) is 15.9. The number of alkyl halides is 3. The van der Waals surface area contributed by atoms with E-state index in [4.69, 9.17) is 0 Å². The average Bonchev–Trinajstić information content (AvgIpc) is 2.78. The number of aryl methyl sites for hydroxylation is 2. The van der Waals surface area contributed by atoms with Crippen LogP contribution in [0.4, 0.5) is 24.7 Å². The van der Waals surface area contributed by atoms with Gasteiger partial charge in [0, 0.05) is 5.69 Å². The largest absolute Gasteiger partial charge is 0.416 e. The van der Waals surface area contributed by atoms with Crippen LogP contribution in [0.1, 0.15) is 17.2 Å². The van der Waals surface area contributed by atoms with Crippen LogP contribution in [0.3, 0.4) is 0 Å². The molecule has 0 atom stereocenters. The predicted molar refractivity (Wildman–Crippen MR) is 75.9 cm³/mol. The highest BCUT2D eigenvalue weighted by Gasteiger charge is 2.30. The maximum absolute atomic E-state index is 12.8. The van der Waals surface area contributed by atoms with E-state index in [-0.39, 0.29) is 0 Å². The van der Waals surface area contributed by atoms with Crippen LogP contribution in [-0.2, 0) is 6.18 Å². The van der Waals surface area contributed by atoms with Crippen LogP contribution >= 0.6 is 0 Å². The van der Waals surface area contributed by atoms with Crippen LogP contribution in [-0.4, -0.2) is 19.9 Å². The minimum Gasteiger partial charge on any atom is -0.338 e. The fourth-order valence-corrected chi connectivity index (χ4v) is 2.12. The van der Waals surface area contributed by atoms with Crippen LogP contribution in [0, 0.1) is 13.8 Å². The van der Waals surface area contributed by atoms with E-state index in [1.54, 1.807) is 19.9 Å². The Balaban J connectivity index is 2.03. The van der Waals surface area contributed by atoms with E-state index in [2.05, 4.69) is 25.3 Å². The third-order valence-electron chi connectivity index (χ3n) is 3.03. The molecule has 0 aliphatic carbocycles. The Morgan fingerprint density at radius 1 is 1.09 bits per heavy atom. The summed E-state index contributed by atoms with van der Waals surface area (Å²) in [5.41, 5.74) is 0.599. The van der Waals surface area contributed by atoms with Gasteiger partial charge in [0.1, 0.15) is 17.2 Å². The third-order valence-corrected chi connectivity index (χ3v) is 3.03. The summed E-state index contributed by atoms with van der Waals surface area (Å²) in [6.45, 7) is 3.46. The van der Waals surface area contributed by atoms with Gasteiger partial charge in [-0.25, -0.2) is 15.0 Å². The lowest BCUT2D eigenvalue weighted by molar-refractivity contribution is -0.137. The smallest absolute Gasteiger partial charge is 0.338 e. The molecule has 114 valence electrons. The number of anilines is 2. The molecule has 8 heteroatoms. The van der Waals surface area contributed by atoms with Crippen molar-refractivity contribution in [1.29, 1.82) is 0 Å². The summed E-state index contributed by atoms with van der Waals surface area (Å²) < 4.78 is 38.3. The van der Waals surface area contributed by atoms with Crippen molar-refractivity contribution in [1.82, 2.24) is 19.9 Å².